The molecule has 0 aliphatic carbocycles. The van der Waals surface area contributed by atoms with Gasteiger partial charge in [0.25, 0.3) is 5.91 Å². The zero-order valence-corrected chi connectivity index (χ0v) is 15.6. The molecule has 0 bridgehead atoms. The Kier molecular flexibility index (Phi) is 4.95. The van der Waals surface area contributed by atoms with Gasteiger partial charge in [0.2, 0.25) is 0 Å². The van der Waals surface area contributed by atoms with Crippen molar-refractivity contribution in [3.8, 4) is 0 Å². The predicted molar refractivity (Wildman–Crippen MR) is 96.4 cm³/mol. The Morgan fingerprint density at radius 2 is 2.20 bits per heavy atom. The Balaban J connectivity index is 1.75. The van der Waals surface area contributed by atoms with Crippen molar-refractivity contribution in [1.82, 2.24) is 20.0 Å². The lowest BCUT2D eigenvalue weighted by Crippen LogP contribution is -2.13. The first kappa shape index (κ1) is 17.3. The Bertz CT molecular complexity index is 952. The van der Waals surface area contributed by atoms with Crippen molar-refractivity contribution in [1.29, 1.82) is 0 Å². The van der Waals surface area contributed by atoms with Gasteiger partial charge in [0.1, 0.15) is 4.47 Å². The van der Waals surface area contributed by atoms with E-state index in [1.165, 1.54) is 0 Å². The van der Waals surface area contributed by atoms with E-state index in [4.69, 9.17) is 0 Å². The smallest absolute Gasteiger partial charge is 0.357 e. The number of H-pyrrole nitrogens is 1. The molecule has 1 aromatic carbocycles. The van der Waals surface area contributed by atoms with E-state index in [2.05, 4.69) is 52.5 Å². The number of hydrogen-bond donors (Lipinski definition) is 2. The maximum absolute atomic E-state index is 12.3. The minimum atomic E-state index is -0.656. The topological polar surface area (TPSA) is 119 Å². The summed E-state index contributed by atoms with van der Waals surface area (Å²) in [5.41, 5.74) is 1.39. The van der Waals surface area contributed by atoms with Gasteiger partial charge in [-0.05, 0) is 54.5 Å². The Morgan fingerprint density at radius 1 is 1.40 bits per heavy atom. The van der Waals surface area contributed by atoms with Gasteiger partial charge in [-0.25, -0.2) is 0 Å². The molecule has 1 amide bonds. The van der Waals surface area contributed by atoms with E-state index in [-0.39, 0.29) is 16.0 Å². The number of halogens is 2. The Labute approximate surface area is 157 Å². The SMILES string of the molecule is O=C(Nc1cccc(Cn2cc(Br)cn2)c1)c1n[nH]c([N+](=O)[O-])c1Br. The van der Waals surface area contributed by atoms with Crippen molar-refractivity contribution in [3.63, 3.8) is 0 Å². The summed E-state index contributed by atoms with van der Waals surface area (Å²) in [5, 5.41) is 23.5. The maximum atomic E-state index is 12.3. The fourth-order valence-electron chi connectivity index (χ4n) is 2.14. The summed E-state index contributed by atoms with van der Waals surface area (Å²) in [7, 11) is 0. The van der Waals surface area contributed by atoms with Crippen LogP contribution in [0.5, 0.6) is 0 Å². The highest BCUT2D eigenvalue weighted by Crippen LogP contribution is 2.26. The van der Waals surface area contributed by atoms with Crippen LogP contribution in [0.15, 0.2) is 45.6 Å². The van der Waals surface area contributed by atoms with Crippen LogP contribution in [0.3, 0.4) is 0 Å². The molecule has 25 heavy (non-hydrogen) atoms. The first-order valence-corrected chi connectivity index (χ1v) is 8.49. The van der Waals surface area contributed by atoms with Gasteiger partial charge in [-0.1, -0.05) is 17.2 Å². The van der Waals surface area contributed by atoms with Crippen molar-refractivity contribution < 1.29 is 9.72 Å². The number of rotatable bonds is 5. The van der Waals surface area contributed by atoms with Crippen LogP contribution in [0.1, 0.15) is 16.1 Å². The number of benzene rings is 1. The predicted octanol–water partition coefficient (Wildman–Crippen LogP) is 3.34. The zero-order chi connectivity index (χ0) is 18.0. The third-order valence-electron chi connectivity index (χ3n) is 3.22. The highest BCUT2D eigenvalue weighted by molar-refractivity contribution is 9.11. The Morgan fingerprint density at radius 3 is 2.84 bits per heavy atom. The average molecular weight is 470 g/mol. The fraction of sp³-hybridized carbons (Fsp3) is 0.0714. The molecule has 2 aromatic heterocycles. The second-order valence-corrected chi connectivity index (χ2v) is 6.71. The molecule has 0 saturated heterocycles. The van der Waals surface area contributed by atoms with Gasteiger partial charge in [-0.3, -0.25) is 9.48 Å². The van der Waals surface area contributed by atoms with Crippen LogP contribution in [0.2, 0.25) is 0 Å². The minimum Gasteiger partial charge on any atom is -0.358 e. The molecular weight excluding hydrogens is 460 g/mol. The summed E-state index contributed by atoms with van der Waals surface area (Å²) in [4.78, 5) is 22.4. The molecule has 0 aliphatic heterocycles. The summed E-state index contributed by atoms with van der Waals surface area (Å²) in [6.07, 6.45) is 3.53. The largest absolute Gasteiger partial charge is 0.358 e. The molecule has 2 heterocycles. The number of aromatic nitrogens is 4. The minimum absolute atomic E-state index is 0.00699. The highest BCUT2D eigenvalue weighted by atomic mass is 79.9. The second-order valence-electron chi connectivity index (χ2n) is 5.00. The molecule has 0 unspecified atom stereocenters. The fourth-order valence-corrected chi connectivity index (χ4v) is 2.97. The van der Waals surface area contributed by atoms with E-state index >= 15 is 0 Å². The van der Waals surface area contributed by atoms with Crippen LogP contribution in [0.4, 0.5) is 11.5 Å². The normalized spacial score (nSPS) is 10.6. The number of anilines is 1. The quantitative estimate of drug-likeness (QED) is 0.438. The van der Waals surface area contributed by atoms with E-state index in [1.807, 2.05) is 12.3 Å². The maximum Gasteiger partial charge on any atom is 0.357 e. The summed E-state index contributed by atoms with van der Waals surface area (Å²) in [6.45, 7) is 0.535. The van der Waals surface area contributed by atoms with Gasteiger partial charge in [-0.15, -0.1) is 5.10 Å². The number of nitrogens with one attached hydrogen (secondary N) is 2. The van der Waals surface area contributed by atoms with E-state index in [0.717, 1.165) is 10.0 Å². The van der Waals surface area contributed by atoms with Crippen LogP contribution in [0.25, 0.3) is 0 Å². The van der Waals surface area contributed by atoms with Crippen molar-refractivity contribution >= 4 is 49.3 Å². The molecule has 3 rings (SSSR count). The number of aromatic amines is 1. The lowest BCUT2D eigenvalue weighted by molar-refractivity contribution is -0.390. The van der Waals surface area contributed by atoms with Crippen LogP contribution < -0.4 is 5.32 Å². The molecule has 9 nitrogen and oxygen atoms in total. The van der Waals surface area contributed by atoms with E-state index < -0.39 is 10.8 Å². The lowest BCUT2D eigenvalue weighted by atomic mass is 10.2. The van der Waals surface area contributed by atoms with Crippen LogP contribution in [0, 0.1) is 10.1 Å². The Hall–Kier alpha value is -2.53. The van der Waals surface area contributed by atoms with Crippen LogP contribution in [-0.2, 0) is 6.54 Å². The van der Waals surface area contributed by atoms with Gasteiger partial charge in [0.15, 0.2) is 5.69 Å². The molecule has 0 aliphatic rings. The van der Waals surface area contributed by atoms with Gasteiger partial charge < -0.3 is 15.4 Å². The number of carbonyl (C=O) groups is 1. The number of nitro groups is 1. The molecule has 128 valence electrons. The standard InChI is InChI=1S/C14H10Br2N6O3/c15-9-5-17-21(7-9)6-8-2-1-3-10(4-8)18-14(23)12-11(16)13(20-19-12)22(24)25/h1-5,7H,6H2,(H,18,23)(H,19,20). The number of nitrogens with zero attached hydrogens (tertiary/aromatic N) is 4. The first-order chi connectivity index (χ1) is 11.9. The second kappa shape index (κ2) is 7.15. The van der Waals surface area contributed by atoms with Crippen molar-refractivity contribution in [2.24, 2.45) is 0 Å². The summed E-state index contributed by atoms with van der Waals surface area (Å²) in [6, 6.07) is 7.21. The first-order valence-electron chi connectivity index (χ1n) is 6.90. The van der Waals surface area contributed by atoms with E-state index in [9.17, 15) is 14.9 Å². The molecule has 2 N–H and O–H groups in total. The summed E-state index contributed by atoms with van der Waals surface area (Å²) < 4.78 is 2.63. The van der Waals surface area contributed by atoms with Crippen molar-refractivity contribution in [2.75, 3.05) is 5.32 Å². The molecule has 0 radical (unpaired) electrons. The molecular formula is C14H10Br2N6O3. The van der Waals surface area contributed by atoms with Crippen molar-refractivity contribution in [2.45, 2.75) is 6.54 Å². The lowest BCUT2D eigenvalue weighted by Gasteiger charge is -2.06. The van der Waals surface area contributed by atoms with Crippen LogP contribution in [-0.4, -0.2) is 30.8 Å². The summed E-state index contributed by atoms with van der Waals surface area (Å²) in [5.74, 6) is -0.932. The molecule has 3 aromatic rings. The van der Waals surface area contributed by atoms with Gasteiger partial charge in [0, 0.05) is 11.9 Å². The van der Waals surface area contributed by atoms with E-state index in [0.29, 0.717) is 12.2 Å². The molecule has 11 heteroatoms. The monoisotopic (exact) mass is 468 g/mol. The third kappa shape index (κ3) is 3.94. The van der Waals surface area contributed by atoms with Gasteiger partial charge in [0.05, 0.1) is 17.2 Å². The van der Waals surface area contributed by atoms with E-state index in [1.54, 1.807) is 29.1 Å². The van der Waals surface area contributed by atoms with Gasteiger partial charge >= 0.3 is 5.82 Å². The zero-order valence-electron chi connectivity index (χ0n) is 12.4. The molecule has 0 spiro atoms. The molecule has 0 saturated carbocycles. The number of amides is 1. The number of carbonyl (C=O) groups excluding carboxylic acids is 1. The highest BCUT2D eigenvalue weighted by Gasteiger charge is 2.24. The molecule has 0 fully saturated rings. The number of hydrogen-bond acceptors (Lipinski definition) is 5. The average Bonchev–Trinajstić information content (AvgIpc) is 3.13. The third-order valence-corrected chi connectivity index (χ3v) is 4.38. The summed E-state index contributed by atoms with van der Waals surface area (Å²) >= 11 is 6.35. The molecule has 0 atom stereocenters. The van der Waals surface area contributed by atoms with Gasteiger partial charge in [-0.2, -0.15) is 5.10 Å². The van der Waals surface area contributed by atoms with Crippen LogP contribution >= 0.6 is 31.9 Å². The van der Waals surface area contributed by atoms with Crippen molar-refractivity contribution in [3.05, 3.63) is 67.0 Å².